The molecule has 8 nitrogen and oxygen atoms in total. The lowest BCUT2D eigenvalue weighted by Crippen LogP contribution is -2.20. The Bertz CT molecular complexity index is 1040. The molecule has 1 heterocycles. The summed E-state index contributed by atoms with van der Waals surface area (Å²) >= 11 is 0. The number of nitrogens with zero attached hydrogens (tertiary/aromatic N) is 1. The van der Waals surface area contributed by atoms with E-state index in [-0.39, 0.29) is 28.3 Å². The molecule has 1 aliphatic rings. The molecule has 2 N–H and O–H groups in total. The van der Waals surface area contributed by atoms with Gasteiger partial charge in [0.25, 0.3) is 5.69 Å². The first kappa shape index (κ1) is 21.1. The van der Waals surface area contributed by atoms with E-state index in [1.54, 1.807) is 18.2 Å². The van der Waals surface area contributed by atoms with Crippen LogP contribution in [0.1, 0.15) is 27.9 Å². The van der Waals surface area contributed by atoms with Crippen LogP contribution in [0.15, 0.2) is 42.5 Å². The SMILES string of the molecule is COc1cc(OC)c(C2=CCNCC2)c(O)c1C(=O)/C=C/c1ccccc1[N+](=O)[O-]. The molecule has 0 saturated carbocycles. The smallest absolute Gasteiger partial charge is 0.276 e. The van der Waals surface area contributed by atoms with Crippen LogP contribution < -0.4 is 14.8 Å². The predicted molar refractivity (Wildman–Crippen MR) is 113 cm³/mol. The molecular weight excluding hydrogens is 388 g/mol. The third-order valence-electron chi connectivity index (χ3n) is 4.85. The van der Waals surface area contributed by atoms with Gasteiger partial charge in [0, 0.05) is 18.7 Å². The van der Waals surface area contributed by atoms with E-state index in [4.69, 9.17) is 9.47 Å². The standard InChI is InChI=1S/C22H22N2O6/c1-29-18-13-19(30-2)21(22(26)20(18)15-9-11-23-12-10-15)17(25)8-7-14-5-3-4-6-16(14)24(27)28/h3-9,13,23,26H,10-12H2,1-2H3/b8-7+. The molecule has 2 aromatic carbocycles. The van der Waals surface area contributed by atoms with Gasteiger partial charge in [-0.05, 0) is 36.8 Å². The van der Waals surface area contributed by atoms with Crippen LogP contribution in [0.2, 0.25) is 0 Å². The summed E-state index contributed by atoms with van der Waals surface area (Å²) in [6, 6.07) is 7.65. The summed E-state index contributed by atoms with van der Waals surface area (Å²) in [5.41, 5.74) is 1.45. The highest BCUT2D eigenvalue weighted by molar-refractivity contribution is 6.12. The Morgan fingerprint density at radius 2 is 1.97 bits per heavy atom. The summed E-state index contributed by atoms with van der Waals surface area (Å²) in [7, 11) is 2.87. The molecule has 2 aromatic rings. The van der Waals surface area contributed by atoms with Crippen molar-refractivity contribution in [1.29, 1.82) is 0 Å². The van der Waals surface area contributed by atoms with Crippen molar-refractivity contribution in [3.05, 3.63) is 69.3 Å². The van der Waals surface area contributed by atoms with Crippen LogP contribution in [0.25, 0.3) is 11.6 Å². The van der Waals surface area contributed by atoms with E-state index in [1.165, 1.54) is 38.5 Å². The maximum Gasteiger partial charge on any atom is 0.276 e. The molecule has 30 heavy (non-hydrogen) atoms. The zero-order valence-corrected chi connectivity index (χ0v) is 16.7. The van der Waals surface area contributed by atoms with Gasteiger partial charge in [-0.15, -0.1) is 0 Å². The lowest BCUT2D eigenvalue weighted by atomic mass is 9.93. The number of carbonyl (C=O) groups excluding carboxylic acids is 1. The molecule has 0 aliphatic carbocycles. The van der Waals surface area contributed by atoms with Crippen molar-refractivity contribution in [3.8, 4) is 17.2 Å². The van der Waals surface area contributed by atoms with Gasteiger partial charge >= 0.3 is 0 Å². The Hall–Kier alpha value is -3.65. The molecule has 0 amide bonds. The maximum atomic E-state index is 13.0. The van der Waals surface area contributed by atoms with Crippen molar-refractivity contribution in [1.82, 2.24) is 5.32 Å². The van der Waals surface area contributed by atoms with Crippen LogP contribution in [0.5, 0.6) is 17.2 Å². The van der Waals surface area contributed by atoms with E-state index >= 15 is 0 Å². The van der Waals surface area contributed by atoms with E-state index in [9.17, 15) is 20.0 Å². The molecule has 0 radical (unpaired) electrons. The van der Waals surface area contributed by atoms with Crippen molar-refractivity contribution in [2.45, 2.75) is 6.42 Å². The summed E-state index contributed by atoms with van der Waals surface area (Å²) in [5, 5.41) is 25.4. The first-order valence-electron chi connectivity index (χ1n) is 9.31. The summed E-state index contributed by atoms with van der Waals surface area (Å²) in [6.07, 6.45) is 5.14. The lowest BCUT2D eigenvalue weighted by molar-refractivity contribution is -0.385. The molecule has 0 fully saturated rings. The number of para-hydroxylation sites is 1. The number of carbonyl (C=O) groups is 1. The Labute approximate surface area is 173 Å². The molecule has 0 saturated heterocycles. The van der Waals surface area contributed by atoms with Crippen LogP contribution >= 0.6 is 0 Å². The number of nitrogens with one attached hydrogen (secondary N) is 1. The average molecular weight is 410 g/mol. The molecule has 0 atom stereocenters. The number of allylic oxidation sites excluding steroid dienone is 1. The number of benzene rings is 2. The van der Waals surface area contributed by atoms with Gasteiger partial charge in [0.1, 0.15) is 22.8 Å². The van der Waals surface area contributed by atoms with Crippen molar-refractivity contribution < 1.29 is 24.3 Å². The van der Waals surface area contributed by atoms with E-state index in [1.807, 2.05) is 6.08 Å². The Kier molecular flexibility index (Phi) is 6.48. The Morgan fingerprint density at radius 3 is 2.60 bits per heavy atom. The molecule has 156 valence electrons. The quantitative estimate of drug-likeness (QED) is 0.311. The van der Waals surface area contributed by atoms with Gasteiger partial charge in [-0.25, -0.2) is 0 Å². The first-order chi connectivity index (χ1) is 14.5. The minimum atomic E-state index is -0.541. The zero-order chi connectivity index (χ0) is 21.7. The average Bonchev–Trinajstić information content (AvgIpc) is 2.77. The van der Waals surface area contributed by atoms with Crippen LogP contribution in [-0.2, 0) is 0 Å². The number of phenols is 1. The molecule has 8 heteroatoms. The molecule has 0 unspecified atom stereocenters. The van der Waals surface area contributed by atoms with Crippen molar-refractivity contribution in [3.63, 3.8) is 0 Å². The monoisotopic (exact) mass is 410 g/mol. The third-order valence-corrected chi connectivity index (χ3v) is 4.85. The first-order valence-corrected chi connectivity index (χ1v) is 9.31. The number of ether oxygens (including phenoxy) is 2. The molecular formula is C22H22N2O6. The largest absolute Gasteiger partial charge is 0.506 e. The maximum absolute atomic E-state index is 13.0. The number of nitro benzene ring substituents is 1. The topological polar surface area (TPSA) is 111 Å². The predicted octanol–water partition coefficient (Wildman–Crippen LogP) is 3.59. The van der Waals surface area contributed by atoms with Crippen LogP contribution in [-0.4, -0.2) is 43.1 Å². The van der Waals surface area contributed by atoms with E-state index < -0.39 is 10.7 Å². The minimum absolute atomic E-state index is 0.0254. The molecule has 0 bridgehead atoms. The molecule has 3 rings (SSSR count). The molecule has 0 aromatic heterocycles. The van der Waals surface area contributed by atoms with Crippen molar-refractivity contribution in [2.24, 2.45) is 0 Å². The van der Waals surface area contributed by atoms with Gasteiger partial charge in [0.15, 0.2) is 5.78 Å². The summed E-state index contributed by atoms with van der Waals surface area (Å²) in [6.45, 7) is 1.38. The van der Waals surface area contributed by atoms with E-state index in [0.717, 1.165) is 12.1 Å². The van der Waals surface area contributed by atoms with Gasteiger partial charge in [0.05, 0.1) is 30.3 Å². The highest BCUT2D eigenvalue weighted by Gasteiger charge is 2.25. The summed E-state index contributed by atoms with van der Waals surface area (Å²) in [5.74, 6) is -0.228. The number of methoxy groups -OCH3 is 2. The fourth-order valence-electron chi connectivity index (χ4n) is 3.39. The van der Waals surface area contributed by atoms with Gasteiger partial charge in [-0.2, -0.15) is 0 Å². The van der Waals surface area contributed by atoms with Crippen LogP contribution in [0.4, 0.5) is 5.69 Å². The van der Waals surface area contributed by atoms with Gasteiger partial charge < -0.3 is 19.9 Å². The second-order valence-electron chi connectivity index (χ2n) is 6.58. The highest BCUT2D eigenvalue weighted by atomic mass is 16.6. The van der Waals surface area contributed by atoms with E-state index in [0.29, 0.717) is 24.3 Å². The van der Waals surface area contributed by atoms with Gasteiger partial charge in [0.2, 0.25) is 0 Å². The normalized spacial score (nSPS) is 13.7. The molecule has 1 aliphatic heterocycles. The van der Waals surface area contributed by atoms with Gasteiger partial charge in [-0.1, -0.05) is 18.2 Å². The third kappa shape index (κ3) is 4.18. The number of hydrogen-bond acceptors (Lipinski definition) is 7. The van der Waals surface area contributed by atoms with Crippen LogP contribution in [0, 0.1) is 10.1 Å². The second-order valence-corrected chi connectivity index (χ2v) is 6.58. The number of phenolic OH excluding ortho intramolecular Hbond substituents is 1. The molecule has 0 spiro atoms. The van der Waals surface area contributed by atoms with Crippen molar-refractivity contribution in [2.75, 3.05) is 27.3 Å². The second kappa shape index (κ2) is 9.23. The number of hydrogen-bond donors (Lipinski definition) is 2. The summed E-state index contributed by atoms with van der Waals surface area (Å²) in [4.78, 5) is 23.6. The highest BCUT2D eigenvalue weighted by Crippen LogP contribution is 2.43. The number of nitro groups is 1. The minimum Gasteiger partial charge on any atom is -0.506 e. The number of ketones is 1. The Balaban J connectivity index is 2.07. The fourth-order valence-corrected chi connectivity index (χ4v) is 3.39. The summed E-state index contributed by atoms with van der Waals surface area (Å²) < 4.78 is 10.7. The van der Waals surface area contributed by atoms with Crippen LogP contribution in [0.3, 0.4) is 0 Å². The number of rotatable bonds is 7. The Morgan fingerprint density at radius 1 is 1.23 bits per heavy atom. The lowest BCUT2D eigenvalue weighted by Gasteiger charge is -2.20. The van der Waals surface area contributed by atoms with Crippen molar-refractivity contribution >= 4 is 23.1 Å². The fraction of sp³-hybridized carbons (Fsp3) is 0.227. The van der Waals surface area contributed by atoms with Gasteiger partial charge in [-0.3, -0.25) is 14.9 Å². The van der Waals surface area contributed by atoms with E-state index in [2.05, 4.69) is 5.32 Å². The zero-order valence-electron chi connectivity index (χ0n) is 16.7. The number of aromatic hydroxyl groups is 1.